The van der Waals surface area contributed by atoms with Crippen LogP contribution in [-0.2, 0) is 22.4 Å². The van der Waals surface area contributed by atoms with E-state index in [2.05, 4.69) is 0 Å². The summed E-state index contributed by atoms with van der Waals surface area (Å²) in [5.41, 5.74) is 10.2. The average molecular weight is 358 g/mol. The van der Waals surface area contributed by atoms with Gasteiger partial charge < -0.3 is 19.8 Å². The summed E-state index contributed by atoms with van der Waals surface area (Å²) in [6.45, 7) is 6.73. The van der Waals surface area contributed by atoms with Crippen LogP contribution in [0.15, 0.2) is 24.3 Å². The number of nitrogen functional groups attached to an aromatic ring is 1. The largest absolute Gasteiger partial charge is 0.454 e. The minimum absolute atomic E-state index is 0.228. The lowest BCUT2D eigenvalue weighted by Gasteiger charge is -2.09. The van der Waals surface area contributed by atoms with E-state index in [1.807, 2.05) is 31.4 Å². The molecule has 2 N–H and O–H groups in total. The second kappa shape index (κ2) is 8.67. The van der Waals surface area contributed by atoms with Crippen molar-refractivity contribution in [3.8, 4) is 0 Å². The maximum absolute atomic E-state index is 12.5. The highest BCUT2D eigenvalue weighted by molar-refractivity contribution is 6.00. The third kappa shape index (κ3) is 4.32. The highest BCUT2D eigenvalue weighted by Gasteiger charge is 2.18. The Labute approximate surface area is 153 Å². The fourth-order valence-corrected chi connectivity index (χ4v) is 2.95. The molecular weight excluding hydrogens is 332 g/mol. The molecule has 6 heteroatoms. The molecule has 0 atom stereocenters. The molecule has 0 amide bonds. The quantitative estimate of drug-likeness (QED) is 0.446. The predicted molar refractivity (Wildman–Crippen MR) is 101 cm³/mol. The Hall–Kier alpha value is -2.60. The number of ether oxygens (including phenoxy) is 2. The lowest BCUT2D eigenvalue weighted by atomic mass is 10.1. The van der Waals surface area contributed by atoms with Crippen molar-refractivity contribution < 1.29 is 19.1 Å². The van der Waals surface area contributed by atoms with E-state index in [1.165, 1.54) is 0 Å². The minimum Gasteiger partial charge on any atom is -0.454 e. The minimum atomic E-state index is -0.555. The predicted octanol–water partition coefficient (Wildman–Crippen LogP) is 2.94. The van der Waals surface area contributed by atoms with Gasteiger partial charge in [0.25, 0.3) is 0 Å². The molecule has 0 unspecified atom stereocenters. The summed E-state index contributed by atoms with van der Waals surface area (Å²) in [5, 5.41) is 0. The molecule has 0 spiro atoms. The van der Waals surface area contributed by atoms with Gasteiger partial charge >= 0.3 is 5.97 Å². The number of benzene rings is 1. The van der Waals surface area contributed by atoms with Crippen LogP contribution < -0.4 is 5.73 Å². The number of carbonyl (C=O) groups excluding carboxylic acids is 2. The van der Waals surface area contributed by atoms with E-state index < -0.39 is 5.97 Å². The normalized spacial score (nSPS) is 10.8. The fraction of sp³-hybridized carbons (Fsp3) is 0.400. The zero-order valence-electron chi connectivity index (χ0n) is 15.8. The molecule has 0 aliphatic heterocycles. The van der Waals surface area contributed by atoms with Gasteiger partial charge in [0, 0.05) is 36.3 Å². The monoisotopic (exact) mass is 358 g/mol. The van der Waals surface area contributed by atoms with E-state index >= 15 is 0 Å². The first kappa shape index (κ1) is 19.7. The molecule has 0 aliphatic rings. The third-order valence-corrected chi connectivity index (χ3v) is 4.49. The number of hydrogen-bond donors (Lipinski definition) is 1. The molecule has 0 radical (unpaired) electrons. The van der Waals surface area contributed by atoms with E-state index in [9.17, 15) is 9.59 Å². The molecule has 0 saturated heterocycles. The molecule has 140 valence electrons. The van der Waals surface area contributed by atoms with Gasteiger partial charge in [-0.3, -0.25) is 4.79 Å². The highest BCUT2D eigenvalue weighted by Crippen LogP contribution is 2.18. The number of ketones is 1. The van der Waals surface area contributed by atoms with Crippen LogP contribution in [0, 0.1) is 13.8 Å². The number of methoxy groups -OCH3 is 1. The number of rotatable bonds is 8. The van der Waals surface area contributed by atoms with Crippen LogP contribution in [0.4, 0.5) is 5.69 Å². The number of nitrogens with zero attached hydrogens (tertiary/aromatic N) is 1. The van der Waals surface area contributed by atoms with E-state index in [4.69, 9.17) is 15.2 Å². The molecule has 1 heterocycles. The van der Waals surface area contributed by atoms with Gasteiger partial charge in [-0.05, 0) is 44.0 Å². The molecule has 6 nitrogen and oxygen atoms in total. The summed E-state index contributed by atoms with van der Waals surface area (Å²) in [7, 11) is 1.64. The average Bonchev–Trinajstić information content (AvgIpc) is 2.91. The van der Waals surface area contributed by atoms with Crippen molar-refractivity contribution in [2.75, 3.05) is 26.1 Å². The Kier molecular flexibility index (Phi) is 6.58. The van der Waals surface area contributed by atoms with Crippen LogP contribution in [0.5, 0.6) is 0 Å². The molecule has 1 aromatic heterocycles. The van der Waals surface area contributed by atoms with Crippen LogP contribution in [0.1, 0.15) is 44.6 Å². The number of nitrogens with two attached hydrogens (primary N) is 1. The molecule has 0 fully saturated rings. The highest BCUT2D eigenvalue weighted by atomic mass is 16.5. The molecule has 0 saturated carbocycles. The summed E-state index contributed by atoms with van der Waals surface area (Å²) >= 11 is 0. The first-order chi connectivity index (χ1) is 12.4. The van der Waals surface area contributed by atoms with E-state index in [1.54, 1.807) is 25.3 Å². The van der Waals surface area contributed by atoms with Crippen LogP contribution in [0.3, 0.4) is 0 Å². The van der Waals surface area contributed by atoms with Crippen molar-refractivity contribution in [2.24, 2.45) is 0 Å². The van der Waals surface area contributed by atoms with Crippen molar-refractivity contribution in [3.05, 3.63) is 52.3 Å². The Morgan fingerprint density at radius 1 is 1.19 bits per heavy atom. The van der Waals surface area contributed by atoms with Crippen LogP contribution in [0.25, 0.3) is 0 Å². The van der Waals surface area contributed by atoms with Crippen molar-refractivity contribution in [3.63, 3.8) is 0 Å². The molecule has 1 aromatic carbocycles. The van der Waals surface area contributed by atoms with Gasteiger partial charge in [0.15, 0.2) is 6.61 Å². The molecular formula is C20H26N2O4. The number of hydrogen-bond acceptors (Lipinski definition) is 5. The van der Waals surface area contributed by atoms with Crippen molar-refractivity contribution in [1.29, 1.82) is 0 Å². The van der Waals surface area contributed by atoms with Gasteiger partial charge in [0.05, 0.1) is 12.2 Å². The standard InChI is InChI=1S/C20H26N2O4/c1-5-15-6-7-16(11-18(15)21)20(24)26-12-19(23)17-10-13(2)22(14(17)3)8-9-25-4/h6-7,10-11H,5,8-9,12,21H2,1-4H3. The van der Waals surface area contributed by atoms with Crippen molar-refractivity contribution in [2.45, 2.75) is 33.7 Å². The number of aromatic nitrogens is 1. The summed E-state index contributed by atoms with van der Waals surface area (Å²) in [5.74, 6) is -0.783. The lowest BCUT2D eigenvalue weighted by molar-refractivity contribution is 0.0474. The van der Waals surface area contributed by atoms with Gasteiger partial charge in [0.1, 0.15) is 0 Å². The van der Waals surface area contributed by atoms with E-state index in [0.29, 0.717) is 30.0 Å². The lowest BCUT2D eigenvalue weighted by Crippen LogP contribution is -2.15. The zero-order valence-corrected chi connectivity index (χ0v) is 15.8. The van der Waals surface area contributed by atoms with Gasteiger partial charge in [0.2, 0.25) is 5.78 Å². The summed E-state index contributed by atoms with van der Waals surface area (Å²) < 4.78 is 12.3. The molecule has 2 aromatic rings. The first-order valence-corrected chi connectivity index (χ1v) is 8.63. The Balaban J connectivity index is 2.04. The van der Waals surface area contributed by atoms with Gasteiger partial charge in [-0.15, -0.1) is 0 Å². The first-order valence-electron chi connectivity index (χ1n) is 8.63. The Morgan fingerprint density at radius 3 is 2.54 bits per heavy atom. The summed E-state index contributed by atoms with van der Waals surface area (Å²) in [6.07, 6.45) is 0.790. The second-order valence-electron chi connectivity index (χ2n) is 6.20. The number of Topliss-reactive ketones (excluding diaryl/α,β-unsaturated/α-hetero) is 1. The van der Waals surface area contributed by atoms with Crippen LogP contribution in [-0.4, -0.2) is 36.6 Å². The van der Waals surface area contributed by atoms with Crippen LogP contribution in [0.2, 0.25) is 0 Å². The maximum Gasteiger partial charge on any atom is 0.338 e. The van der Waals surface area contributed by atoms with Crippen molar-refractivity contribution in [1.82, 2.24) is 4.57 Å². The Bertz CT molecular complexity index is 808. The number of aryl methyl sites for hydroxylation is 2. The number of anilines is 1. The van der Waals surface area contributed by atoms with Gasteiger partial charge in [-0.2, -0.15) is 0 Å². The van der Waals surface area contributed by atoms with Gasteiger partial charge in [-0.1, -0.05) is 13.0 Å². The SMILES string of the molecule is CCc1ccc(C(=O)OCC(=O)c2cc(C)n(CCOC)c2C)cc1N. The van der Waals surface area contributed by atoms with E-state index in [0.717, 1.165) is 23.4 Å². The molecule has 0 aliphatic carbocycles. The molecule has 2 rings (SSSR count). The number of carbonyl (C=O) groups is 2. The summed E-state index contributed by atoms with van der Waals surface area (Å²) in [6, 6.07) is 6.87. The molecule has 0 bridgehead atoms. The zero-order chi connectivity index (χ0) is 19.3. The number of esters is 1. The second-order valence-corrected chi connectivity index (χ2v) is 6.20. The van der Waals surface area contributed by atoms with Crippen LogP contribution >= 0.6 is 0 Å². The topological polar surface area (TPSA) is 83.5 Å². The van der Waals surface area contributed by atoms with E-state index in [-0.39, 0.29) is 12.4 Å². The Morgan fingerprint density at radius 2 is 1.92 bits per heavy atom. The maximum atomic E-state index is 12.5. The fourth-order valence-electron chi connectivity index (χ4n) is 2.95. The van der Waals surface area contributed by atoms with Gasteiger partial charge in [-0.25, -0.2) is 4.79 Å². The summed E-state index contributed by atoms with van der Waals surface area (Å²) in [4.78, 5) is 24.6. The third-order valence-electron chi connectivity index (χ3n) is 4.49. The smallest absolute Gasteiger partial charge is 0.338 e. The molecule has 26 heavy (non-hydrogen) atoms. The van der Waals surface area contributed by atoms with Crippen molar-refractivity contribution >= 4 is 17.4 Å².